The number of unbranched alkanes of at least 4 members (excludes halogenated alkanes) is 15. The third-order valence-corrected chi connectivity index (χ3v) is 7.24. The second-order valence-electron chi connectivity index (χ2n) is 11.5. The van der Waals surface area contributed by atoms with Crippen LogP contribution in [0.2, 0.25) is 0 Å². The molecule has 0 rings (SSSR count). The molecule has 0 aliphatic heterocycles. The van der Waals surface area contributed by atoms with Gasteiger partial charge < -0.3 is 19.7 Å². The molecule has 0 heterocycles. The molecule has 1 unspecified atom stereocenters. The van der Waals surface area contributed by atoms with Gasteiger partial charge in [0.1, 0.15) is 19.3 Å². The fourth-order valence-electron chi connectivity index (χ4n) is 4.62. The monoisotopic (exact) mass is 592 g/mol. The molecule has 0 saturated heterocycles. The number of rotatable bonds is 30. The zero-order chi connectivity index (χ0) is 30.9. The summed E-state index contributed by atoms with van der Waals surface area (Å²) in [6.07, 6.45) is 33.6. The van der Waals surface area contributed by atoms with Crippen LogP contribution in [-0.4, -0.2) is 47.6 Å². The average molecular weight is 593 g/mol. The van der Waals surface area contributed by atoms with Crippen LogP contribution in [-0.2, 0) is 19.1 Å². The molecule has 0 aliphatic carbocycles. The number of aliphatic hydroxyl groups is 2. The number of carbonyl (C=O) groups is 2. The molecular formula is C36H64O6. The Labute approximate surface area is 258 Å². The van der Waals surface area contributed by atoms with Crippen molar-refractivity contribution in [3.8, 4) is 0 Å². The Kier molecular flexibility index (Phi) is 30.5. The lowest BCUT2D eigenvalue weighted by atomic mass is 10.0. The highest BCUT2D eigenvalue weighted by Gasteiger charge is 2.12. The highest BCUT2D eigenvalue weighted by molar-refractivity contribution is 5.69. The lowest BCUT2D eigenvalue weighted by molar-refractivity contribution is -0.152. The maximum Gasteiger partial charge on any atom is 0.305 e. The van der Waals surface area contributed by atoms with E-state index in [2.05, 4.69) is 32.1 Å². The molecule has 0 saturated carbocycles. The van der Waals surface area contributed by atoms with Crippen molar-refractivity contribution in [1.82, 2.24) is 0 Å². The summed E-state index contributed by atoms with van der Waals surface area (Å²) in [4.78, 5) is 23.8. The van der Waals surface area contributed by atoms with Gasteiger partial charge in [-0.3, -0.25) is 9.59 Å². The molecule has 0 amide bonds. The van der Waals surface area contributed by atoms with Gasteiger partial charge in [-0.1, -0.05) is 147 Å². The fraction of sp³-hybridized carbons (Fsp3) is 0.778. The van der Waals surface area contributed by atoms with E-state index in [1.54, 1.807) is 0 Å². The van der Waals surface area contributed by atoms with Gasteiger partial charge in [-0.15, -0.1) is 0 Å². The van der Waals surface area contributed by atoms with Crippen LogP contribution in [0.3, 0.4) is 0 Å². The highest BCUT2D eigenvalue weighted by atomic mass is 16.6. The second kappa shape index (κ2) is 32.0. The molecule has 0 bridgehead atoms. The van der Waals surface area contributed by atoms with E-state index in [0.717, 1.165) is 70.6 Å². The Bertz CT molecular complexity index is 699. The summed E-state index contributed by atoms with van der Waals surface area (Å²) >= 11 is 0. The van der Waals surface area contributed by atoms with Crippen LogP contribution in [0.5, 0.6) is 0 Å². The van der Waals surface area contributed by atoms with Crippen molar-refractivity contribution < 1.29 is 29.3 Å². The van der Waals surface area contributed by atoms with Crippen molar-refractivity contribution in [1.29, 1.82) is 0 Å². The zero-order valence-corrected chi connectivity index (χ0v) is 27.1. The van der Waals surface area contributed by atoms with Crippen LogP contribution in [0.1, 0.15) is 155 Å². The van der Waals surface area contributed by atoms with Crippen molar-refractivity contribution in [3.05, 3.63) is 36.5 Å². The van der Waals surface area contributed by atoms with Crippen molar-refractivity contribution in [2.75, 3.05) is 13.2 Å². The number of hydrogen-bond donors (Lipinski definition) is 2. The third-order valence-electron chi connectivity index (χ3n) is 7.24. The maximum atomic E-state index is 11.9. The Morgan fingerprint density at radius 3 is 1.57 bits per heavy atom. The van der Waals surface area contributed by atoms with E-state index in [0.29, 0.717) is 12.8 Å². The molecule has 0 spiro atoms. The SMILES string of the molecule is CC/C=C/C/C=C/C=C/C(O)CCCCCCCC(=O)OC[C@H](O)COC(=O)CCCCCCCCCCCCCC. The summed E-state index contributed by atoms with van der Waals surface area (Å²) in [5.74, 6) is -0.640. The van der Waals surface area contributed by atoms with Crippen LogP contribution in [0.15, 0.2) is 36.5 Å². The minimum Gasteiger partial charge on any atom is -0.463 e. The van der Waals surface area contributed by atoms with E-state index < -0.39 is 12.2 Å². The number of aliphatic hydroxyl groups excluding tert-OH is 2. The van der Waals surface area contributed by atoms with Gasteiger partial charge in [0.05, 0.1) is 6.10 Å². The smallest absolute Gasteiger partial charge is 0.305 e. The summed E-state index contributed by atoms with van der Waals surface area (Å²) in [5, 5.41) is 20.0. The molecule has 2 atom stereocenters. The standard InChI is InChI=1S/C36H64O6/c1-3-5-7-9-11-12-13-14-15-17-21-25-29-35(39)41-31-34(38)32-42-36(40)30-26-22-18-20-24-28-33(37)27-23-19-16-10-8-6-4-2/h6,8,16,19,23,27,33-34,37-38H,3-5,7,9-15,17-18,20-22,24-26,28-32H2,1-2H3/b8-6+,19-16+,27-23+/t33?,34-/m1/s1. The van der Waals surface area contributed by atoms with Gasteiger partial charge in [0.2, 0.25) is 0 Å². The summed E-state index contributed by atoms with van der Waals surface area (Å²) < 4.78 is 10.2. The quantitative estimate of drug-likeness (QED) is 0.0374. The first-order chi connectivity index (χ1) is 20.5. The molecular weight excluding hydrogens is 528 g/mol. The second-order valence-corrected chi connectivity index (χ2v) is 11.5. The predicted octanol–water partition coefficient (Wildman–Crippen LogP) is 9.09. The lowest BCUT2D eigenvalue weighted by Crippen LogP contribution is -2.25. The molecule has 6 heteroatoms. The molecule has 6 nitrogen and oxygen atoms in total. The number of allylic oxidation sites excluding steroid dienone is 5. The first-order valence-electron chi connectivity index (χ1n) is 17.1. The molecule has 0 radical (unpaired) electrons. The average Bonchev–Trinajstić information content (AvgIpc) is 2.98. The Hall–Kier alpha value is -1.92. The van der Waals surface area contributed by atoms with E-state index in [9.17, 15) is 19.8 Å². The van der Waals surface area contributed by atoms with Gasteiger partial charge in [-0.25, -0.2) is 0 Å². The largest absolute Gasteiger partial charge is 0.463 e. The van der Waals surface area contributed by atoms with E-state index in [1.165, 1.54) is 57.8 Å². The van der Waals surface area contributed by atoms with E-state index in [4.69, 9.17) is 9.47 Å². The number of esters is 2. The Balaban J connectivity index is 3.55. The number of hydrogen-bond acceptors (Lipinski definition) is 6. The normalized spacial score (nSPS) is 13.3. The van der Waals surface area contributed by atoms with Crippen LogP contribution >= 0.6 is 0 Å². The first kappa shape index (κ1) is 40.1. The van der Waals surface area contributed by atoms with E-state index >= 15 is 0 Å². The topological polar surface area (TPSA) is 93.1 Å². The molecule has 0 fully saturated rings. The van der Waals surface area contributed by atoms with Crippen molar-refractivity contribution >= 4 is 11.9 Å². The number of ether oxygens (including phenoxy) is 2. The maximum absolute atomic E-state index is 11.9. The third kappa shape index (κ3) is 31.0. The molecule has 42 heavy (non-hydrogen) atoms. The summed E-state index contributed by atoms with van der Waals surface area (Å²) in [7, 11) is 0. The van der Waals surface area contributed by atoms with Gasteiger partial charge >= 0.3 is 11.9 Å². The molecule has 0 aliphatic rings. The molecule has 244 valence electrons. The van der Waals surface area contributed by atoms with E-state index in [1.807, 2.05) is 18.2 Å². The minimum absolute atomic E-state index is 0.141. The highest BCUT2D eigenvalue weighted by Crippen LogP contribution is 2.13. The molecule has 0 aromatic heterocycles. The molecule has 2 N–H and O–H groups in total. The molecule has 0 aromatic carbocycles. The van der Waals surface area contributed by atoms with Crippen molar-refractivity contribution in [3.63, 3.8) is 0 Å². The van der Waals surface area contributed by atoms with Crippen LogP contribution in [0.25, 0.3) is 0 Å². The number of carbonyl (C=O) groups excluding carboxylic acids is 2. The van der Waals surface area contributed by atoms with Gasteiger partial charge in [0.25, 0.3) is 0 Å². The van der Waals surface area contributed by atoms with Gasteiger partial charge in [0, 0.05) is 12.8 Å². The van der Waals surface area contributed by atoms with Crippen LogP contribution in [0, 0.1) is 0 Å². The van der Waals surface area contributed by atoms with Gasteiger partial charge in [0.15, 0.2) is 0 Å². The Morgan fingerprint density at radius 2 is 1.07 bits per heavy atom. The van der Waals surface area contributed by atoms with Crippen molar-refractivity contribution in [2.24, 2.45) is 0 Å². The minimum atomic E-state index is -0.992. The zero-order valence-electron chi connectivity index (χ0n) is 27.1. The fourth-order valence-corrected chi connectivity index (χ4v) is 4.62. The van der Waals surface area contributed by atoms with Crippen LogP contribution in [0.4, 0.5) is 0 Å². The van der Waals surface area contributed by atoms with Crippen molar-refractivity contribution in [2.45, 2.75) is 167 Å². The first-order valence-corrected chi connectivity index (χ1v) is 17.1. The Morgan fingerprint density at radius 1 is 0.595 bits per heavy atom. The predicted molar refractivity (Wildman–Crippen MR) is 174 cm³/mol. The van der Waals surface area contributed by atoms with Crippen LogP contribution < -0.4 is 0 Å². The van der Waals surface area contributed by atoms with Gasteiger partial charge in [-0.2, -0.15) is 0 Å². The molecule has 0 aromatic rings. The van der Waals surface area contributed by atoms with Gasteiger partial charge in [-0.05, 0) is 32.1 Å². The summed E-state index contributed by atoms with van der Waals surface area (Å²) in [6, 6.07) is 0. The summed E-state index contributed by atoms with van der Waals surface area (Å²) in [6.45, 7) is 4.07. The lowest BCUT2D eigenvalue weighted by Gasteiger charge is -2.12. The summed E-state index contributed by atoms with van der Waals surface area (Å²) in [5.41, 5.74) is 0. The van der Waals surface area contributed by atoms with E-state index in [-0.39, 0.29) is 25.2 Å².